The summed E-state index contributed by atoms with van der Waals surface area (Å²) in [6.07, 6.45) is 5.53. The summed E-state index contributed by atoms with van der Waals surface area (Å²) in [5.41, 5.74) is 2.97. The van der Waals surface area contributed by atoms with Crippen LogP contribution >= 0.6 is 11.3 Å². The Hall–Kier alpha value is -1.19. The maximum atomic E-state index is 4.45. The SMILES string of the molecule is CCC(NC1CC(c2ccccc2C)C1)c1nccs1. The van der Waals surface area contributed by atoms with E-state index in [1.807, 2.05) is 6.20 Å². The van der Waals surface area contributed by atoms with E-state index in [1.165, 1.54) is 29.0 Å². The molecule has 0 aliphatic heterocycles. The molecule has 3 heteroatoms. The first-order chi connectivity index (χ1) is 9.78. The maximum Gasteiger partial charge on any atom is 0.109 e. The van der Waals surface area contributed by atoms with Gasteiger partial charge in [0.15, 0.2) is 0 Å². The Morgan fingerprint density at radius 1 is 1.35 bits per heavy atom. The molecular formula is C17H22N2S. The molecule has 1 aromatic heterocycles. The number of hydrogen-bond acceptors (Lipinski definition) is 3. The van der Waals surface area contributed by atoms with Crippen LogP contribution in [0.25, 0.3) is 0 Å². The third-order valence-corrected chi connectivity index (χ3v) is 5.25. The Kier molecular flexibility index (Phi) is 4.18. The van der Waals surface area contributed by atoms with Crippen molar-refractivity contribution < 1.29 is 0 Å². The van der Waals surface area contributed by atoms with Gasteiger partial charge in [0.25, 0.3) is 0 Å². The molecule has 2 aromatic rings. The number of aryl methyl sites for hydroxylation is 1. The third kappa shape index (κ3) is 2.79. The second-order valence-electron chi connectivity index (χ2n) is 5.72. The van der Waals surface area contributed by atoms with Gasteiger partial charge in [-0.3, -0.25) is 0 Å². The molecule has 2 nitrogen and oxygen atoms in total. The lowest BCUT2D eigenvalue weighted by Crippen LogP contribution is -2.42. The van der Waals surface area contributed by atoms with Gasteiger partial charge in [-0.15, -0.1) is 11.3 Å². The Labute approximate surface area is 125 Å². The molecule has 0 bridgehead atoms. The molecule has 1 unspecified atom stereocenters. The first-order valence-corrected chi connectivity index (χ1v) is 8.37. The predicted molar refractivity (Wildman–Crippen MR) is 85.2 cm³/mol. The van der Waals surface area contributed by atoms with E-state index in [0.29, 0.717) is 12.1 Å². The molecule has 0 saturated heterocycles. The van der Waals surface area contributed by atoms with Gasteiger partial charge in [0.1, 0.15) is 5.01 Å². The lowest BCUT2D eigenvalue weighted by Gasteiger charge is -2.39. The lowest BCUT2D eigenvalue weighted by molar-refractivity contribution is 0.262. The van der Waals surface area contributed by atoms with E-state index in [2.05, 4.69) is 53.8 Å². The Morgan fingerprint density at radius 3 is 2.80 bits per heavy atom. The fraction of sp³-hybridized carbons (Fsp3) is 0.471. The van der Waals surface area contributed by atoms with Crippen LogP contribution < -0.4 is 5.32 Å². The van der Waals surface area contributed by atoms with Crippen LogP contribution in [0.4, 0.5) is 0 Å². The van der Waals surface area contributed by atoms with Crippen LogP contribution in [0.2, 0.25) is 0 Å². The average molecular weight is 286 g/mol. The zero-order valence-corrected chi connectivity index (χ0v) is 13.0. The average Bonchev–Trinajstić information content (AvgIpc) is 2.93. The van der Waals surface area contributed by atoms with E-state index in [9.17, 15) is 0 Å². The van der Waals surface area contributed by atoms with E-state index < -0.39 is 0 Å². The molecular weight excluding hydrogens is 264 g/mol. The van der Waals surface area contributed by atoms with Gasteiger partial charge in [-0.05, 0) is 43.2 Å². The lowest BCUT2D eigenvalue weighted by atomic mass is 9.74. The van der Waals surface area contributed by atoms with Crippen molar-refractivity contribution >= 4 is 11.3 Å². The highest BCUT2D eigenvalue weighted by Crippen LogP contribution is 2.39. The van der Waals surface area contributed by atoms with Gasteiger partial charge in [-0.2, -0.15) is 0 Å². The zero-order valence-electron chi connectivity index (χ0n) is 12.2. The highest BCUT2D eigenvalue weighted by Gasteiger charge is 2.32. The van der Waals surface area contributed by atoms with Crippen molar-refractivity contribution in [3.63, 3.8) is 0 Å². The maximum absolute atomic E-state index is 4.45. The fourth-order valence-electron chi connectivity index (χ4n) is 3.11. The molecule has 20 heavy (non-hydrogen) atoms. The largest absolute Gasteiger partial charge is 0.305 e. The monoisotopic (exact) mass is 286 g/mol. The number of nitrogens with zero attached hydrogens (tertiary/aromatic N) is 1. The minimum absolute atomic E-state index is 0.429. The van der Waals surface area contributed by atoms with Crippen molar-refractivity contribution in [2.75, 3.05) is 0 Å². The summed E-state index contributed by atoms with van der Waals surface area (Å²) in [4.78, 5) is 4.45. The molecule has 3 rings (SSSR count). The number of hydrogen-bond donors (Lipinski definition) is 1. The van der Waals surface area contributed by atoms with Crippen molar-refractivity contribution in [2.24, 2.45) is 0 Å². The molecule has 1 saturated carbocycles. The fourth-order valence-corrected chi connectivity index (χ4v) is 3.89. The standard InChI is InChI=1S/C17H22N2S/c1-3-16(17-18-8-9-20-17)19-14-10-13(11-14)15-7-5-4-6-12(15)2/h4-9,13-14,16,19H,3,10-11H2,1-2H3. The first kappa shape index (κ1) is 13.8. The number of nitrogens with one attached hydrogen (secondary N) is 1. The highest BCUT2D eigenvalue weighted by molar-refractivity contribution is 7.09. The quantitative estimate of drug-likeness (QED) is 0.879. The zero-order chi connectivity index (χ0) is 13.9. The van der Waals surface area contributed by atoms with E-state index >= 15 is 0 Å². The summed E-state index contributed by atoms with van der Waals surface area (Å²) < 4.78 is 0. The van der Waals surface area contributed by atoms with Crippen molar-refractivity contribution in [3.05, 3.63) is 52.0 Å². The third-order valence-electron chi connectivity index (χ3n) is 4.36. The summed E-state index contributed by atoms with van der Waals surface area (Å²) in [6, 6.07) is 9.87. The summed E-state index contributed by atoms with van der Waals surface area (Å²) in [7, 11) is 0. The number of thiazole rings is 1. The molecule has 0 amide bonds. The molecule has 1 aliphatic rings. The van der Waals surface area contributed by atoms with Crippen molar-refractivity contribution in [2.45, 2.75) is 51.1 Å². The smallest absolute Gasteiger partial charge is 0.109 e. The van der Waals surface area contributed by atoms with Crippen LogP contribution in [-0.4, -0.2) is 11.0 Å². The second kappa shape index (κ2) is 6.06. The van der Waals surface area contributed by atoms with Gasteiger partial charge in [0, 0.05) is 17.6 Å². The van der Waals surface area contributed by atoms with Crippen molar-refractivity contribution in [3.8, 4) is 0 Å². The molecule has 1 heterocycles. The van der Waals surface area contributed by atoms with Gasteiger partial charge in [0.05, 0.1) is 6.04 Å². The molecule has 1 N–H and O–H groups in total. The van der Waals surface area contributed by atoms with Gasteiger partial charge in [-0.1, -0.05) is 31.2 Å². The molecule has 0 radical (unpaired) electrons. The molecule has 106 valence electrons. The van der Waals surface area contributed by atoms with Crippen LogP contribution in [0.15, 0.2) is 35.8 Å². The number of benzene rings is 1. The van der Waals surface area contributed by atoms with E-state index in [0.717, 1.165) is 12.3 Å². The Bertz CT molecular complexity index is 544. The summed E-state index contributed by atoms with van der Waals surface area (Å²) >= 11 is 1.76. The van der Waals surface area contributed by atoms with Gasteiger partial charge in [0.2, 0.25) is 0 Å². The Morgan fingerprint density at radius 2 is 2.15 bits per heavy atom. The normalized spacial score (nSPS) is 23.3. The first-order valence-electron chi connectivity index (χ1n) is 7.49. The molecule has 1 fully saturated rings. The number of rotatable bonds is 5. The van der Waals surface area contributed by atoms with E-state index in [1.54, 1.807) is 11.3 Å². The van der Waals surface area contributed by atoms with Gasteiger partial charge < -0.3 is 5.32 Å². The van der Waals surface area contributed by atoms with E-state index in [4.69, 9.17) is 0 Å². The van der Waals surface area contributed by atoms with Gasteiger partial charge >= 0.3 is 0 Å². The summed E-state index contributed by atoms with van der Waals surface area (Å²) in [5.74, 6) is 0.738. The van der Waals surface area contributed by atoms with E-state index in [-0.39, 0.29) is 0 Å². The van der Waals surface area contributed by atoms with Crippen LogP contribution in [0.3, 0.4) is 0 Å². The molecule has 1 aliphatic carbocycles. The van der Waals surface area contributed by atoms with Gasteiger partial charge in [-0.25, -0.2) is 4.98 Å². The molecule has 1 aromatic carbocycles. The van der Waals surface area contributed by atoms with Crippen molar-refractivity contribution in [1.82, 2.24) is 10.3 Å². The summed E-state index contributed by atoms with van der Waals surface area (Å²) in [5, 5.41) is 7.07. The second-order valence-corrected chi connectivity index (χ2v) is 6.65. The highest BCUT2D eigenvalue weighted by atomic mass is 32.1. The predicted octanol–water partition coefficient (Wildman–Crippen LogP) is 4.44. The van der Waals surface area contributed by atoms with Crippen LogP contribution in [0.5, 0.6) is 0 Å². The number of aromatic nitrogens is 1. The minimum Gasteiger partial charge on any atom is -0.305 e. The molecule has 0 spiro atoms. The Balaban J connectivity index is 1.57. The molecule has 1 atom stereocenters. The minimum atomic E-state index is 0.429. The van der Waals surface area contributed by atoms with Crippen LogP contribution in [-0.2, 0) is 0 Å². The van der Waals surface area contributed by atoms with Crippen LogP contribution in [0.1, 0.15) is 54.3 Å². The topological polar surface area (TPSA) is 24.9 Å². The summed E-state index contributed by atoms with van der Waals surface area (Å²) in [6.45, 7) is 4.46. The van der Waals surface area contributed by atoms with Crippen LogP contribution in [0, 0.1) is 6.92 Å². The van der Waals surface area contributed by atoms with Crippen molar-refractivity contribution in [1.29, 1.82) is 0 Å².